The average Bonchev–Trinajstić information content (AvgIpc) is 2.37. The minimum absolute atomic E-state index is 0.677. The molecule has 0 radical (unpaired) electrons. The first-order chi connectivity index (χ1) is 8.74. The van der Waals surface area contributed by atoms with Gasteiger partial charge in [-0.15, -0.1) is 11.8 Å². The summed E-state index contributed by atoms with van der Waals surface area (Å²) in [7, 11) is 0. The molecule has 1 aliphatic rings. The van der Waals surface area contributed by atoms with Gasteiger partial charge in [0.1, 0.15) is 5.84 Å². The lowest BCUT2D eigenvalue weighted by molar-refractivity contribution is 0.644. The van der Waals surface area contributed by atoms with E-state index < -0.39 is 0 Å². The number of pyridine rings is 1. The predicted octanol–water partition coefficient (Wildman–Crippen LogP) is 2.76. The Hall–Kier alpha value is -1.03. The van der Waals surface area contributed by atoms with E-state index in [0.29, 0.717) is 5.92 Å². The maximum atomic E-state index is 4.48. The molecule has 98 valence electrons. The Kier molecular flexibility index (Phi) is 5.05. The van der Waals surface area contributed by atoms with Gasteiger partial charge in [-0.05, 0) is 30.4 Å². The lowest BCUT2D eigenvalue weighted by atomic mass is 10.1. The van der Waals surface area contributed by atoms with Crippen LogP contribution in [-0.2, 0) is 6.42 Å². The van der Waals surface area contributed by atoms with Crippen molar-refractivity contribution in [1.82, 2.24) is 10.3 Å². The van der Waals surface area contributed by atoms with Crippen LogP contribution in [-0.4, -0.2) is 29.7 Å². The van der Waals surface area contributed by atoms with Gasteiger partial charge in [-0.25, -0.2) is 0 Å². The normalized spacial score (nSPS) is 15.4. The zero-order valence-electron chi connectivity index (χ0n) is 11.1. The Bertz CT molecular complexity index is 415. The summed E-state index contributed by atoms with van der Waals surface area (Å²) in [5.41, 5.74) is 1.33. The summed E-state index contributed by atoms with van der Waals surface area (Å²) in [5, 5.41) is 3.34. The van der Waals surface area contributed by atoms with Gasteiger partial charge in [0.05, 0.1) is 5.75 Å². The minimum atomic E-state index is 0.677. The molecule has 3 nitrogen and oxygen atoms in total. The summed E-state index contributed by atoms with van der Waals surface area (Å²) >= 11 is 1.81. The average molecular weight is 263 g/mol. The minimum Gasteiger partial charge on any atom is -0.373 e. The van der Waals surface area contributed by atoms with Crippen molar-refractivity contribution < 1.29 is 0 Å². The molecular weight excluding hydrogens is 242 g/mol. The highest BCUT2D eigenvalue weighted by molar-refractivity contribution is 8.00. The molecule has 1 N–H and O–H groups in total. The van der Waals surface area contributed by atoms with Crippen LogP contribution in [0.4, 0.5) is 0 Å². The first-order valence-corrected chi connectivity index (χ1v) is 7.56. The van der Waals surface area contributed by atoms with Gasteiger partial charge in [0, 0.05) is 30.4 Å². The topological polar surface area (TPSA) is 37.3 Å². The number of amidine groups is 1. The van der Waals surface area contributed by atoms with Crippen molar-refractivity contribution in [2.24, 2.45) is 10.9 Å². The van der Waals surface area contributed by atoms with Gasteiger partial charge >= 0.3 is 0 Å². The first-order valence-electron chi connectivity index (χ1n) is 6.58. The molecule has 2 rings (SSSR count). The molecule has 0 unspecified atom stereocenters. The highest BCUT2D eigenvalue weighted by atomic mass is 32.2. The third-order valence-corrected chi connectivity index (χ3v) is 3.73. The van der Waals surface area contributed by atoms with Crippen molar-refractivity contribution in [2.45, 2.75) is 31.6 Å². The molecule has 0 aliphatic carbocycles. The van der Waals surface area contributed by atoms with E-state index in [9.17, 15) is 0 Å². The van der Waals surface area contributed by atoms with Crippen LogP contribution in [0.1, 0.15) is 25.8 Å². The fourth-order valence-corrected chi connectivity index (χ4v) is 2.82. The van der Waals surface area contributed by atoms with E-state index in [1.165, 1.54) is 10.5 Å². The fourth-order valence-electron chi connectivity index (χ4n) is 1.96. The summed E-state index contributed by atoms with van der Waals surface area (Å²) in [6.07, 6.45) is 6.17. The van der Waals surface area contributed by atoms with E-state index >= 15 is 0 Å². The smallest absolute Gasteiger partial charge is 0.107 e. The quantitative estimate of drug-likeness (QED) is 0.830. The van der Waals surface area contributed by atoms with Crippen molar-refractivity contribution in [3.63, 3.8) is 0 Å². The van der Waals surface area contributed by atoms with Crippen LogP contribution in [0.25, 0.3) is 0 Å². The maximum absolute atomic E-state index is 4.48. The molecule has 0 saturated carbocycles. The lowest BCUT2D eigenvalue weighted by Gasteiger charge is -2.14. The molecule has 1 aromatic rings. The Morgan fingerprint density at radius 2 is 2.28 bits per heavy atom. The van der Waals surface area contributed by atoms with Crippen molar-refractivity contribution in [2.75, 3.05) is 18.8 Å². The predicted molar refractivity (Wildman–Crippen MR) is 78.4 cm³/mol. The largest absolute Gasteiger partial charge is 0.373 e. The zero-order valence-corrected chi connectivity index (χ0v) is 12.0. The summed E-state index contributed by atoms with van der Waals surface area (Å²) in [4.78, 5) is 10.0. The number of hydrogen-bond acceptors (Lipinski definition) is 4. The number of thioether (sulfide) groups is 1. The van der Waals surface area contributed by atoms with Gasteiger partial charge in [0.2, 0.25) is 0 Å². The van der Waals surface area contributed by atoms with Gasteiger partial charge in [-0.3, -0.25) is 9.98 Å². The summed E-state index contributed by atoms with van der Waals surface area (Å²) in [6.45, 7) is 6.50. The van der Waals surface area contributed by atoms with Crippen LogP contribution >= 0.6 is 11.8 Å². The zero-order chi connectivity index (χ0) is 12.8. The number of hydrogen-bond donors (Lipinski definition) is 1. The van der Waals surface area contributed by atoms with Gasteiger partial charge in [0.15, 0.2) is 0 Å². The van der Waals surface area contributed by atoms with Gasteiger partial charge in [-0.2, -0.15) is 0 Å². The number of rotatable bonds is 5. The van der Waals surface area contributed by atoms with E-state index in [1.54, 1.807) is 0 Å². The van der Waals surface area contributed by atoms with E-state index in [4.69, 9.17) is 0 Å². The molecule has 4 heteroatoms. The van der Waals surface area contributed by atoms with E-state index in [-0.39, 0.29) is 0 Å². The monoisotopic (exact) mass is 263 g/mol. The number of nitrogens with one attached hydrogen (secondary N) is 1. The molecule has 1 aliphatic heterocycles. The summed E-state index contributed by atoms with van der Waals surface area (Å²) in [6, 6.07) is 2.25. The molecule has 18 heavy (non-hydrogen) atoms. The molecule has 0 fully saturated rings. The van der Waals surface area contributed by atoms with Crippen molar-refractivity contribution in [1.29, 1.82) is 0 Å². The highest BCUT2D eigenvalue weighted by Crippen LogP contribution is 2.19. The molecule has 0 atom stereocenters. The molecule has 0 amide bonds. The van der Waals surface area contributed by atoms with Crippen molar-refractivity contribution in [3.05, 3.63) is 24.0 Å². The van der Waals surface area contributed by atoms with Crippen LogP contribution in [0, 0.1) is 5.92 Å². The van der Waals surface area contributed by atoms with Crippen LogP contribution < -0.4 is 5.32 Å². The van der Waals surface area contributed by atoms with Crippen molar-refractivity contribution >= 4 is 17.6 Å². The van der Waals surface area contributed by atoms with Crippen LogP contribution in [0.3, 0.4) is 0 Å². The summed E-state index contributed by atoms with van der Waals surface area (Å²) < 4.78 is 0. The standard InChI is InChI=1S/C14H21N3S/c1-11(2)6-12-7-13(9-15-8-12)18-10-14-16-4-3-5-17-14/h7-9,11H,3-6,10H2,1-2H3,(H,16,17). The van der Waals surface area contributed by atoms with Gasteiger partial charge in [0.25, 0.3) is 0 Å². The SMILES string of the molecule is CC(C)Cc1cncc(SCC2=NCCCN2)c1. The third-order valence-electron chi connectivity index (χ3n) is 2.76. The molecule has 2 heterocycles. The van der Waals surface area contributed by atoms with Crippen molar-refractivity contribution in [3.8, 4) is 0 Å². The molecule has 0 aromatic carbocycles. The second kappa shape index (κ2) is 6.78. The Morgan fingerprint density at radius 3 is 3.00 bits per heavy atom. The van der Waals surface area contributed by atoms with E-state index in [0.717, 1.165) is 37.5 Å². The van der Waals surface area contributed by atoms with E-state index in [2.05, 4.69) is 35.2 Å². The number of aliphatic imine (C=N–C) groups is 1. The Balaban J connectivity index is 1.90. The first kappa shape index (κ1) is 13.4. The molecule has 1 aromatic heterocycles. The summed E-state index contributed by atoms with van der Waals surface area (Å²) in [5.74, 6) is 2.73. The Labute approximate surface area is 113 Å². The highest BCUT2D eigenvalue weighted by Gasteiger charge is 2.06. The third kappa shape index (κ3) is 4.33. The van der Waals surface area contributed by atoms with Crippen LogP contribution in [0.2, 0.25) is 0 Å². The second-order valence-electron chi connectivity index (χ2n) is 5.02. The maximum Gasteiger partial charge on any atom is 0.107 e. The van der Waals surface area contributed by atoms with Crippen LogP contribution in [0.5, 0.6) is 0 Å². The van der Waals surface area contributed by atoms with Gasteiger partial charge < -0.3 is 5.32 Å². The number of aromatic nitrogens is 1. The molecule has 0 spiro atoms. The number of nitrogens with zero attached hydrogens (tertiary/aromatic N) is 2. The fraction of sp³-hybridized carbons (Fsp3) is 0.571. The lowest BCUT2D eigenvalue weighted by Crippen LogP contribution is -2.31. The molecule has 0 saturated heterocycles. The van der Waals surface area contributed by atoms with Crippen LogP contribution in [0.15, 0.2) is 28.3 Å². The molecule has 0 bridgehead atoms. The Morgan fingerprint density at radius 1 is 1.39 bits per heavy atom. The molecular formula is C14H21N3S. The van der Waals surface area contributed by atoms with E-state index in [1.807, 2.05) is 24.2 Å². The van der Waals surface area contributed by atoms with Gasteiger partial charge in [-0.1, -0.05) is 13.8 Å². The second-order valence-corrected chi connectivity index (χ2v) is 6.07.